The number of benzene rings is 1. The zero-order valence-corrected chi connectivity index (χ0v) is 11.0. The van der Waals surface area contributed by atoms with Crippen LogP contribution in [0.1, 0.15) is 32.3 Å². The molecule has 0 aromatic heterocycles. The first-order valence-electron chi connectivity index (χ1n) is 6.64. The van der Waals surface area contributed by atoms with Crippen molar-refractivity contribution in [2.24, 2.45) is 5.92 Å². The molecule has 2 unspecified atom stereocenters. The molecule has 0 aliphatic carbocycles. The monoisotopic (exact) mass is 235 g/mol. The van der Waals surface area contributed by atoms with Gasteiger partial charge in [-0.1, -0.05) is 44.2 Å². The molecule has 1 aromatic rings. The number of hydrogen-bond acceptors (Lipinski definition) is 2. The minimum atomic E-state index is 0.290. The van der Waals surface area contributed by atoms with E-state index >= 15 is 0 Å². The highest BCUT2D eigenvalue weighted by molar-refractivity contribution is 5.15. The zero-order valence-electron chi connectivity index (χ0n) is 11.0. The molecule has 1 rings (SSSR count). The molecular formula is C15H25NO. The molecule has 0 fully saturated rings. The highest BCUT2D eigenvalue weighted by Crippen LogP contribution is 2.07. The van der Waals surface area contributed by atoms with Gasteiger partial charge in [-0.25, -0.2) is 0 Å². The molecular weight excluding hydrogens is 210 g/mol. The van der Waals surface area contributed by atoms with Crippen LogP contribution in [0.3, 0.4) is 0 Å². The first-order chi connectivity index (χ1) is 8.26. The molecule has 0 saturated carbocycles. The molecule has 0 aliphatic heterocycles. The van der Waals surface area contributed by atoms with Crippen molar-refractivity contribution in [3.8, 4) is 0 Å². The van der Waals surface area contributed by atoms with Crippen LogP contribution in [-0.2, 0) is 6.42 Å². The van der Waals surface area contributed by atoms with E-state index in [1.54, 1.807) is 0 Å². The van der Waals surface area contributed by atoms with Gasteiger partial charge in [-0.2, -0.15) is 0 Å². The van der Waals surface area contributed by atoms with Gasteiger partial charge in [0.1, 0.15) is 0 Å². The third-order valence-electron chi connectivity index (χ3n) is 3.19. The van der Waals surface area contributed by atoms with E-state index in [4.69, 9.17) is 5.11 Å². The molecule has 0 amide bonds. The lowest BCUT2D eigenvalue weighted by Crippen LogP contribution is -2.34. The van der Waals surface area contributed by atoms with E-state index < -0.39 is 0 Å². The number of aliphatic hydroxyl groups excluding tert-OH is 1. The third kappa shape index (κ3) is 5.85. The summed E-state index contributed by atoms with van der Waals surface area (Å²) in [7, 11) is 0. The van der Waals surface area contributed by atoms with Crippen LogP contribution < -0.4 is 5.32 Å². The summed E-state index contributed by atoms with van der Waals surface area (Å²) < 4.78 is 0. The van der Waals surface area contributed by atoms with Crippen LogP contribution in [0.15, 0.2) is 30.3 Å². The van der Waals surface area contributed by atoms with Crippen molar-refractivity contribution in [1.82, 2.24) is 5.32 Å². The summed E-state index contributed by atoms with van der Waals surface area (Å²) in [6, 6.07) is 11.1. The molecule has 0 aliphatic rings. The second kappa shape index (κ2) is 8.26. The Morgan fingerprint density at radius 2 is 1.94 bits per heavy atom. The van der Waals surface area contributed by atoms with Gasteiger partial charge < -0.3 is 10.4 Å². The number of aliphatic hydroxyl groups is 1. The maximum absolute atomic E-state index is 8.87. The van der Waals surface area contributed by atoms with Gasteiger partial charge in [0.15, 0.2) is 0 Å². The van der Waals surface area contributed by atoms with Gasteiger partial charge in [0.05, 0.1) is 0 Å². The fourth-order valence-electron chi connectivity index (χ4n) is 1.95. The van der Waals surface area contributed by atoms with Crippen LogP contribution in [-0.4, -0.2) is 24.3 Å². The standard InChI is InChI=1S/C15H25NO/c1-3-15(16-12-13(2)9-10-17)11-14-7-5-4-6-8-14/h4-8,13,15-17H,3,9-12H2,1-2H3. The SMILES string of the molecule is CCC(Cc1ccccc1)NCC(C)CCO. The fourth-order valence-corrected chi connectivity index (χ4v) is 1.95. The minimum Gasteiger partial charge on any atom is -0.396 e. The zero-order chi connectivity index (χ0) is 12.5. The van der Waals surface area contributed by atoms with Crippen molar-refractivity contribution in [2.45, 2.75) is 39.2 Å². The van der Waals surface area contributed by atoms with Gasteiger partial charge in [0.25, 0.3) is 0 Å². The van der Waals surface area contributed by atoms with Crippen LogP contribution >= 0.6 is 0 Å². The Balaban J connectivity index is 2.34. The molecule has 0 heterocycles. The summed E-state index contributed by atoms with van der Waals surface area (Å²) in [6.07, 6.45) is 3.11. The van der Waals surface area contributed by atoms with Crippen LogP contribution in [0, 0.1) is 5.92 Å². The minimum absolute atomic E-state index is 0.290. The van der Waals surface area contributed by atoms with Gasteiger partial charge >= 0.3 is 0 Å². The van der Waals surface area contributed by atoms with E-state index in [0.29, 0.717) is 18.6 Å². The summed E-state index contributed by atoms with van der Waals surface area (Å²) in [5, 5.41) is 12.5. The van der Waals surface area contributed by atoms with Crippen molar-refractivity contribution < 1.29 is 5.11 Å². The Hall–Kier alpha value is -0.860. The van der Waals surface area contributed by atoms with Crippen LogP contribution in [0.4, 0.5) is 0 Å². The van der Waals surface area contributed by atoms with E-state index in [9.17, 15) is 0 Å². The van der Waals surface area contributed by atoms with Gasteiger partial charge in [-0.3, -0.25) is 0 Å². The maximum atomic E-state index is 8.87. The predicted octanol–water partition coefficient (Wildman–Crippen LogP) is 2.62. The molecule has 2 heteroatoms. The van der Waals surface area contributed by atoms with Crippen molar-refractivity contribution in [2.75, 3.05) is 13.2 Å². The Labute approximate surface area is 105 Å². The second-order valence-corrected chi connectivity index (χ2v) is 4.82. The molecule has 0 spiro atoms. The van der Waals surface area contributed by atoms with E-state index in [1.165, 1.54) is 5.56 Å². The molecule has 0 bridgehead atoms. The second-order valence-electron chi connectivity index (χ2n) is 4.82. The highest BCUT2D eigenvalue weighted by Gasteiger charge is 2.08. The quantitative estimate of drug-likeness (QED) is 0.726. The third-order valence-corrected chi connectivity index (χ3v) is 3.19. The summed E-state index contributed by atoms with van der Waals surface area (Å²) in [5.74, 6) is 0.546. The smallest absolute Gasteiger partial charge is 0.0434 e. The average molecular weight is 235 g/mol. The highest BCUT2D eigenvalue weighted by atomic mass is 16.3. The number of rotatable bonds is 8. The lowest BCUT2D eigenvalue weighted by Gasteiger charge is -2.19. The lowest BCUT2D eigenvalue weighted by atomic mass is 10.0. The molecule has 96 valence electrons. The Bertz CT molecular complexity index is 286. The van der Waals surface area contributed by atoms with E-state index in [1.807, 2.05) is 0 Å². The molecule has 17 heavy (non-hydrogen) atoms. The summed E-state index contributed by atoms with van der Waals surface area (Å²) >= 11 is 0. The van der Waals surface area contributed by atoms with Gasteiger partial charge in [-0.15, -0.1) is 0 Å². The van der Waals surface area contributed by atoms with Crippen molar-refractivity contribution >= 4 is 0 Å². The molecule has 2 nitrogen and oxygen atoms in total. The van der Waals surface area contributed by atoms with E-state index in [-0.39, 0.29) is 0 Å². The Morgan fingerprint density at radius 3 is 2.53 bits per heavy atom. The molecule has 2 N–H and O–H groups in total. The van der Waals surface area contributed by atoms with E-state index in [0.717, 1.165) is 25.8 Å². The van der Waals surface area contributed by atoms with Crippen molar-refractivity contribution in [1.29, 1.82) is 0 Å². The average Bonchev–Trinajstić information content (AvgIpc) is 2.36. The Morgan fingerprint density at radius 1 is 1.24 bits per heavy atom. The number of hydrogen-bond donors (Lipinski definition) is 2. The van der Waals surface area contributed by atoms with Crippen LogP contribution in [0.5, 0.6) is 0 Å². The number of nitrogens with one attached hydrogen (secondary N) is 1. The van der Waals surface area contributed by atoms with E-state index in [2.05, 4.69) is 49.5 Å². The predicted molar refractivity (Wildman–Crippen MR) is 73.1 cm³/mol. The normalized spacial score (nSPS) is 14.5. The largest absolute Gasteiger partial charge is 0.396 e. The van der Waals surface area contributed by atoms with Gasteiger partial charge in [-0.05, 0) is 37.3 Å². The summed E-state index contributed by atoms with van der Waals surface area (Å²) in [5.41, 5.74) is 1.39. The first-order valence-corrected chi connectivity index (χ1v) is 6.64. The molecule has 0 radical (unpaired) electrons. The molecule has 0 saturated heterocycles. The van der Waals surface area contributed by atoms with Gasteiger partial charge in [0.2, 0.25) is 0 Å². The van der Waals surface area contributed by atoms with Crippen LogP contribution in [0.25, 0.3) is 0 Å². The van der Waals surface area contributed by atoms with Gasteiger partial charge in [0, 0.05) is 12.6 Å². The van der Waals surface area contributed by atoms with Crippen LogP contribution in [0.2, 0.25) is 0 Å². The Kier molecular flexibility index (Phi) is 6.90. The summed E-state index contributed by atoms with van der Waals surface area (Å²) in [6.45, 7) is 5.68. The lowest BCUT2D eigenvalue weighted by molar-refractivity contribution is 0.257. The molecule has 2 atom stereocenters. The topological polar surface area (TPSA) is 32.3 Å². The van der Waals surface area contributed by atoms with Crippen molar-refractivity contribution in [3.63, 3.8) is 0 Å². The van der Waals surface area contributed by atoms with Crippen molar-refractivity contribution in [3.05, 3.63) is 35.9 Å². The fraction of sp³-hybridized carbons (Fsp3) is 0.600. The maximum Gasteiger partial charge on any atom is 0.0434 e. The summed E-state index contributed by atoms with van der Waals surface area (Å²) in [4.78, 5) is 0. The molecule has 1 aromatic carbocycles. The first kappa shape index (κ1) is 14.2.